The van der Waals surface area contributed by atoms with Crippen molar-refractivity contribution in [2.24, 2.45) is 5.10 Å². The first-order valence-corrected chi connectivity index (χ1v) is 6.25. The lowest BCUT2D eigenvalue weighted by Crippen LogP contribution is -2.17. The first-order chi connectivity index (χ1) is 9.15. The van der Waals surface area contributed by atoms with Crippen molar-refractivity contribution in [3.63, 3.8) is 0 Å². The molecule has 1 amide bonds. The minimum atomic E-state index is -0.290. The Morgan fingerprint density at radius 3 is 2.05 bits per heavy atom. The van der Waals surface area contributed by atoms with Gasteiger partial charge in [0.2, 0.25) is 0 Å². The van der Waals surface area contributed by atoms with Crippen molar-refractivity contribution < 1.29 is 4.79 Å². The fourth-order valence-electron chi connectivity index (χ4n) is 1.38. The van der Waals surface area contributed by atoms with Gasteiger partial charge in [-0.1, -0.05) is 35.3 Å². The zero-order valence-corrected chi connectivity index (χ0v) is 11.3. The van der Waals surface area contributed by atoms with Gasteiger partial charge in [0.05, 0.1) is 6.21 Å². The maximum atomic E-state index is 11.7. The van der Waals surface area contributed by atoms with Crippen molar-refractivity contribution in [3.8, 4) is 0 Å². The highest BCUT2D eigenvalue weighted by Gasteiger charge is 2.02. The van der Waals surface area contributed by atoms with E-state index in [0.29, 0.717) is 15.6 Å². The highest BCUT2D eigenvalue weighted by atomic mass is 35.5. The van der Waals surface area contributed by atoms with Crippen LogP contribution in [0.4, 0.5) is 0 Å². The summed E-state index contributed by atoms with van der Waals surface area (Å²) in [5.41, 5.74) is 3.78. The monoisotopic (exact) mass is 292 g/mol. The lowest BCUT2D eigenvalue weighted by molar-refractivity contribution is 0.0955. The summed E-state index contributed by atoms with van der Waals surface area (Å²) in [6.07, 6.45) is 1.55. The molecule has 2 aromatic carbocycles. The molecule has 0 aliphatic rings. The van der Waals surface area contributed by atoms with Crippen LogP contribution < -0.4 is 5.43 Å². The van der Waals surface area contributed by atoms with Crippen molar-refractivity contribution in [3.05, 3.63) is 69.7 Å². The predicted octanol–water partition coefficient (Wildman–Crippen LogP) is 3.76. The van der Waals surface area contributed by atoms with E-state index in [1.807, 2.05) is 0 Å². The highest BCUT2D eigenvalue weighted by Crippen LogP contribution is 2.09. The minimum absolute atomic E-state index is 0.290. The van der Waals surface area contributed by atoms with Gasteiger partial charge in [-0.25, -0.2) is 5.43 Å². The van der Waals surface area contributed by atoms with E-state index in [1.54, 1.807) is 54.7 Å². The van der Waals surface area contributed by atoms with Crippen LogP contribution in [0.3, 0.4) is 0 Å². The standard InChI is InChI=1S/C14H10Cl2N2O/c15-12-5-1-10(2-6-12)9-17-18-14(19)11-3-7-13(16)8-4-11/h1-9H,(H,18,19). The van der Waals surface area contributed by atoms with Crippen molar-refractivity contribution in [1.82, 2.24) is 5.43 Å². The zero-order chi connectivity index (χ0) is 13.7. The van der Waals surface area contributed by atoms with Gasteiger partial charge in [0.1, 0.15) is 0 Å². The van der Waals surface area contributed by atoms with Crippen molar-refractivity contribution in [1.29, 1.82) is 0 Å². The number of carbonyl (C=O) groups excluding carboxylic acids is 1. The van der Waals surface area contributed by atoms with Gasteiger partial charge < -0.3 is 0 Å². The maximum absolute atomic E-state index is 11.7. The van der Waals surface area contributed by atoms with Crippen LogP contribution in [-0.4, -0.2) is 12.1 Å². The van der Waals surface area contributed by atoms with Crippen LogP contribution in [-0.2, 0) is 0 Å². The normalized spacial score (nSPS) is 10.6. The Morgan fingerprint density at radius 2 is 1.47 bits per heavy atom. The van der Waals surface area contributed by atoms with Crippen molar-refractivity contribution >= 4 is 35.3 Å². The van der Waals surface area contributed by atoms with E-state index in [2.05, 4.69) is 10.5 Å². The third kappa shape index (κ3) is 4.09. The first-order valence-electron chi connectivity index (χ1n) is 5.50. The minimum Gasteiger partial charge on any atom is -0.267 e. The molecule has 0 bridgehead atoms. The van der Waals surface area contributed by atoms with Gasteiger partial charge in [-0.3, -0.25) is 4.79 Å². The molecule has 0 saturated heterocycles. The average Bonchev–Trinajstić information content (AvgIpc) is 2.41. The molecule has 0 aliphatic carbocycles. The molecule has 0 saturated carbocycles. The Hall–Kier alpha value is -1.84. The molecule has 1 N–H and O–H groups in total. The molecule has 0 fully saturated rings. The van der Waals surface area contributed by atoms with Gasteiger partial charge in [-0.15, -0.1) is 0 Å². The molecule has 2 aromatic rings. The van der Waals surface area contributed by atoms with E-state index in [1.165, 1.54) is 0 Å². The highest BCUT2D eigenvalue weighted by molar-refractivity contribution is 6.30. The summed E-state index contributed by atoms with van der Waals surface area (Å²) >= 11 is 11.5. The van der Waals surface area contributed by atoms with Crippen LogP contribution in [0.2, 0.25) is 10.0 Å². The van der Waals surface area contributed by atoms with Crippen molar-refractivity contribution in [2.75, 3.05) is 0 Å². The SMILES string of the molecule is O=C(NN=Cc1ccc(Cl)cc1)c1ccc(Cl)cc1. The molecule has 5 heteroatoms. The quantitative estimate of drug-likeness (QED) is 0.679. The summed E-state index contributed by atoms with van der Waals surface area (Å²) < 4.78 is 0. The smallest absolute Gasteiger partial charge is 0.267 e. The number of carbonyl (C=O) groups is 1. The third-order valence-electron chi connectivity index (χ3n) is 2.36. The van der Waals surface area contributed by atoms with Crippen LogP contribution in [0.1, 0.15) is 15.9 Å². The Kier molecular flexibility index (Phi) is 4.55. The number of hydrogen-bond donors (Lipinski definition) is 1. The summed E-state index contributed by atoms with van der Waals surface area (Å²) in [6.45, 7) is 0. The molecule has 0 unspecified atom stereocenters. The van der Waals surface area contributed by atoms with Gasteiger partial charge >= 0.3 is 0 Å². The maximum Gasteiger partial charge on any atom is 0.271 e. The fraction of sp³-hybridized carbons (Fsp3) is 0. The molecule has 0 atom stereocenters. The van der Waals surface area contributed by atoms with Crippen LogP contribution >= 0.6 is 23.2 Å². The molecule has 19 heavy (non-hydrogen) atoms. The molecule has 0 aliphatic heterocycles. The topological polar surface area (TPSA) is 41.5 Å². The van der Waals surface area contributed by atoms with E-state index in [4.69, 9.17) is 23.2 Å². The Labute approximate surface area is 120 Å². The summed E-state index contributed by atoms with van der Waals surface area (Å²) in [5.74, 6) is -0.290. The number of hydrazone groups is 1. The molecule has 2 rings (SSSR count). The van der Waals surface area contributed by atoms with Gasteiger partial charge in [0.15, 0.2) is 0 Å². The van der Waals surface area contributed by atoms with E-state index in [0.717, 1.165) is 5.56 Å². The van der Waals surface area contributed by atoms with Gasteiger partial charge in [-0.2, -0.15) is 5.10 Å². The number of hydrogen-bond acceptors (Lipinski definition) is 2. The number of nitrogens with zero attached hydrogens (tertiary/aromatic N) is 1. The molecule has 0 aromatic heterocycles. The largest absolute Gasteiger partial charge is 0.271 e. The van der Waals surface area contributed by atoms with E-state index in [9.17, 15) is 4.79 Å². The second kappa shape index (κ2) is 6.36. The molecule has 0 spiro atoms. The van der Waals surface area contributed by atoms with Gasteiger partial charge in [-0.05, 0) is 42.0 Å². The number of benzene rings is 2. The van der Waals surface area contributed by atoms with Crippen molar-refractivity contribution in [2.45, 2.75) is 0 Å². The van der Waals surface area contributed by atoms with Crippen LogP contribution in [0.25, 0.3) is 0 Å². The Balaban J connectivity index is 1.96. The summed E-state index contributed by atoms with van der Waals surface area (Å²) in [4.78, 5) is 11.7. The van der Waals surface area contributed by atoms with Gasteiger partial charge in [0, 0.05) is 15.6 Å². The Morgan fingerprint density at radius 1 is 0.947 bits per heavy atom. The summed E-state index contributed by atoms with van der Waals surface area (Å²) in [5, 5.41) is 5.11. The molecular formula is C14H10Cl2N2O. The van der Waals surface area contributed by atoms with E-state index in [-0.39, 0.29) is 5.91 Å². The zero-order valence-electron chi connectivity index (χ0n) is 9.81. The Bertz CT molecular complexity index is 592. The number of halogens is 2. The first kappa shape index (κ1) is 13.6. The summed E-state index contributed by atoms with van der Waals surface area (Å²) in [6, 6.07) is 13.7. The second-order valence-electron chi connectivity index (χ2n) is 3.76. The summed E-state index contributed by atoms with van der Waals surface area (Å²) in [7, 11) is 0. The average molecular weight is 293 g/mol. The molecular weight excluding hydrogens is 283 g/mol. The van der Waals surface area contributed by atoms with E-state index >= 15 is 0 Å². The number of nitrogens with one attached hydrogen (secondary N) is 1. The second-order valence-corrected chi connectivity index (χ2v) is 4.63. The van der Waals surface area contributed by atoms with Crippen LogP contribution in [0.5, 0.6) is 0 Å². The fourth-order valence-corrected chi connectivity index (χ4v) is 1.63. The van der Waals surface area contributed by atoms with Crippen LogP contribution in [0, 0.1) is 0 Å². The van der Waals surface area contributed by atoms with Gasteiger partial charge in [0.25, 0.3) is 5.91 Å². The molecule has 3 nitrogen and oxygen atoms in total. The molecule has 0 heterocycles. The number of rotatable bonds is 3. The molecule has 0 radical (unpaired) electrons. The number of amides is 1. The predicted molar refractivity (Wildman–Crippen MR) is 78.0 cm³/mol. The third-order valence-corrected chi connectivity index (χ3v) is 2.86. The van der Waals surface area contributed by atoms with Crippen LogP contribution in [0.15, 0.2) is 53.6 Å². The lowest BCUT2D eigenvalue weighted by Gasteiger charge is -1.99. The molecule has 96 valence electrons. The van der Waals surface area contributed by atoms with E-state index < -0.39 is 0 Å². The lowest BCUT2D eigenvalue weighted by atomic mass is 10.2.